The van der Waals surface area contributed by atoms with Crippen LogP contribution >= 0.6 is 15.9 Å². The van der Waals surface area contributed by atoms with Crippen molar-refractivity contribution < 1.29 is 14.3 Å². The Morgan fingerprint density at radius 3 is 2.84 bits per heavy atom. The summed E-state index contributed by atoms with van der Waals surface area (Å²) in [4.78, 5) is 18.0. The van der Waals surface area contributed by atoms with Crippen LogP contribution in [0.3, 0.4) is 0 Å². The van der Waals surface area contributed by atoms with Gasteiger partial charge in [-0.15, -0.1) is 0 Å². The van der Waals surface area contributed by atoms with Crippen LogP contribution in [0.4, 0.5) is 0 Å². The smallest absolute Gasteiger partial charge is 0.340 e. The molecule has 0 N–H and O–H groups in total. The molecule has 3 heterocycles. The summed E-state index contributed by atoms with van der Waals surface area (Å²) < 4.78 is 14.9. The molecule has 1 unspecified atom stereocenters. The molecule has 1 aromatic heterocycles. The number of nitrogens with zero attached hydrogens (tertiary/aromatic N) is 3. The fraction of sp³-hybridized carbons (Fsp3) is 0.625. The molecule has 7 heteroatoms. The van der Waals surface area contributed by atoms with Crippen molar-refractivity contribution in [2.45, 2.75) is 72.1 Å². The van der Waals surface area contributed by atoms with Gasteiger partial charge in [0.05, 0.1) is 22.2 Å². The summed E-state index contributed by atoms with van der Waals surface area (Å²) in [5.74, 6) is 0.627. The van der Waals surface area contributed by atoms with Crippen LogP contribution in [0.2, 0.25) is 0 Å². The number of halogens is 1. The van der Waals surface area contributed by atoms with Crippen LogP contribution in [0.15, 0.2) is 10.5 Å². The van der Waals surface area contributed by atoms with Crippen LogP contribution in [0.1, 0.15) is 68.1 Å². The molecule has 4 rings (SSSR count). The molecule has 31 heavy (non-hydrogen) atoms. The average molecular weight is 492 g/mol. The molecular formula is C24H34BrN3O3. The Labute approximate surface area is 193 Å². The Balaban J connectivity index is 1.97. The number of likely N-dealkylation sites (tertiary alicyclic amines) is 1. The number of fused-ring (bicyclic) bond motifs is 3. The number of aryl methyl sites for hydroxylation is 1. The van der Waals surface area contributed by atoms with Gasteiger partial charge in [-0.1, -0.05) is 13.3 Å². The Morgan fingerprint density at radius 1 is 1.32 bits per heavy atom. The van der Waals surface area contributed by atoms with Gasteiger partial charge in [0.2, 0.25) is 0 Å². The van der Waals surface area contributed by atoms with Gasteiger partial charge >= 0.3 is 5.97 Å². The maximum absolute atomic E-state index is 13.4. The highest BCUT2D eigenvalue weighted by atomic mass is 79.9. The molecule has 0 saturated carbocycles. The normalized spacial score (nSPS) is 20.0. The van der Waals surface area contributed by atoms with E-state index in [4.69, 9.17) is 9.47 Å². The van der Waals surface area contributed by atoms with Gasteiger partial charge in [-0.25, -0.2) is 4.79 Å². The van der Waals surface area contributed by atoms with Gasteiger partial charge in [0.15, 0.2) is 0 Å². The van der Waals surface area contributed by atoms with E-state index in [0.717, 1.165) is 70.5 Å². The van der Waals surface area contributed by atoms with Gasteiger partial charge in [0.1, 0.15) is 12.5 Å². The first-order valence-electron chi connectivity index (χ1n) is 11.5. The second-order valence-electron chi connectivity index (χ2n) is 8.86. The van der Waals surface area contributed by atoms with Crippen LogP contribution in [-0.4, -0.2) is 53.3 Å². The monoisotopic (exact) mass is 491 g/mol. The molecule has 2 aliphatic heterocycles. The lowest BCUT2D eigenvalue weighted by Gasteiger charge is -2.33. The maximum Gasteiger partial charge on any atom is 0.340 e. The van der Waals surface area contributed by atoms with Crippen molar-refractivity contribution in [1.82, 2.24) is 14.4 Å². The summed E-state index contributed by atoms with van der Waals surface area (Å²) in [6.45, 7) is 10.7. The summed E-state index contributed by atoms with van der Waals surface area (Å²) in [6.07, 6.45) is 4.71. The van der Waals surface area contributed by atoms with Crippen LogP contribution < -0.4 is 4.74 Å². The zero-order chi connectivity index (χ0) is 22.1. The number of ether oxygens (including phenoxy) is 2. The second kappa shape index (κ2) is 9.51. The van der Waals surface area contributed by atoms with E-state index >= 15 is 0 Å². The molecule has 6 nitrogen and oxygen atoms in total. The van der Waals surface area contributed by atoms with E-state index in [-0.39, 0.29) is 5.97 Å². The largest absolute Gasteiger partial charge is 0.477 e. The number of aromatic nitrogens is 1. The Bertz CT molecular complexity index is 971. The zero-order valence-corrected chi connectivity index (χ0v) is 20.8. The molecule has 2 aromatic rings. The molecule has 0 bridgehead atoms. The average Bonchev–Trinajstić information content (AvgIpc) is 3.03. The molecule has 1 aromatic carbocycles. The van der Waals surface area contributed by atoms with Crippen molar-refractivity contribution in [2.24, 2.45) is 0 Å². The summed E-state index contributed by atoms with van der Waals surface area (Å²) in [7, 11) is 2.04. The predicted octanol–water partition coefficient (Wildman–Crippen LogP) is 5.15. The molecule has 170 valence electrons. The number of hydrogen-bond acceptors (Lipinski definition) is 5. The third-order valence-corrected chi connectivity index (χ3v) is 7.13. The maximum atomic E-state index is 13.4. The lowest BCUT2D eigenvalue weighted by atomic mass is 10.0. The Hall–Kier alpha value is -1.57. The first-order valence-corrected chi connectivity index (χ1v) is 12.3. The van der Waals surface area contributed by atoms with Gasteiger partial charge in [-0.2, -0.15) is 0 Å². The van der Waals surface area contributed by atoms with Crippen molar-refractivity contribution in [3.63, 3.8) is 0 Å². The van der Waals surface area contributed by atoms with E-state index < -0.39 is 0 Å². The predicted molar refractivity (Wildman–Crippen MR) is 127 cm³/mol. The fourth-order valence-corrected chi connectivity index (χ4v) is 5.61. The molecule has 1 saturated heterocycles. The number of benzene rings is 1. The van der Waals surface area contributed by atoms with E-state index in [1.54, 1.807) is 0 Å². The van der Waals surface area contributed by atoms with E-state index in [2.05, 4.69) is 50.2 Å². The van der Waals surface area contributed by atoms with Crippen LogP contribution in [-0.2, 0) is 24.4 Å². The minimum Gasteiger partial charge on any atom is -0.477 e. The van der Waals surface area contributed by atoms with E-state index in [1.807, 2.05) is 14.0 Å². The molecule has 0 spiro atoms. The number of carbonyl (C=O) groups excluding carboxylic acids is 1. The van der Waals surface area contributed by atoms with Gasteiger partial charge in [0.25, 0.3) is 0 Å². The minimum atomic E-state index is -0.222. The first kappa shape index (κ1) is 22.6. The zero-order valence-electron chi connectivity index (χ0n) is 19.2. The quantitative estimate of drug-likeness (QED) is 0.523. The van der Waals surface area contributed by atoms with E-state index in [0.29, 0.717) is 19.4 Å². The van der Waals surface area contributed by atoms with Gasteiger partial charge in [0, 0.05) is 42.3 Å². The molecule has 1 fully saturated rings. The third-order valence-electron chi connectivity index (χ3n) is 6.55. The van der Waals surface area contributed by atoms with Gasteiger partial charge < -0.3 is 14.0 Å². The third kappa shape index (κ3) is 4.24. The number of hydrogen-bond donors (Lipinski definition) is 0. The molecule has 0 aliphatic carbocycles. The highest BCUT2D eigenvalue weighted by molar-refractivity contribution is 9.10. The topological polar surface area (TPSA) is 46.9 Å². The van der Waals surface area contributed by atoms with Gasteiger partial charge in [-0.3, -0.25) is 9.80 Å². The van der Waals surface area contributed by atoms with E-state index in [9.17, 15) is 4.79 Å². The SMILES string of the molecule is CCCn1c(CN2CCCCC2C)c(C(=O)OCC)c2c3c(c(Br)cc21)OCN(C)C3. The van der Waals surface area contributed by atoms with Gasteiger partial charge in [-0.05, 0) is 68.7 Å². The van der Waals surface area contributed by atoms with Crippen LogP contribution in [0.25, 0.3) is 10.9 Å². The van der Waals surface area contributed by atoms with Crippen molar-refractivity contribution in [1.29, 1.82) is 0 Å². The molecular weight excluding hydrogens is 458 g/mol. The fourth-order valence-electron chi connectivity index (χ4n) is 5.04. The van der Waals surface area contributed by atoms with Crippen molar-refractivity contribution >= 4 is 32.8 Å². The summed E-state index contributed by atoms with van der Waals surface area (Å²) >= 11 is 3.73. The number of piperidine rings is 1. The number of carbonyl (C=O) groups is 1. The first-order chi connectivity index (χ1) is 15.0. The summed E-state index contributed by atoms with van der Waals surface area (Å²) in [5, 5.41) is 0.997. The Morgan fingerprint density at radius 2 is 2.13 bits per heavy atom. The second-order valence-corrected chi connectivity index (χ2v) is 9.71. The van der Waals surface area contributed by atoms with Crippen molar-refractivity contribution in [2.75, 3.05) is 26.9 Å². The van der Waals surface area contributed by atoms with Crippen LogP contribution in [0, 0.1) is 0 Å². The number of esters is 1. The molecule has 2 aliphatic rings. The van der Waals surface area contributed by atoms with Crippen molar-refractivity contribution in [3.05, 3.63) is 27.4 Å². The summed E-state index contributed by atoms with van der Waals surface area (Å²) in [5.41, 5.74) is 3.97. The highest BCUT2D eigenvalue weighted by Gasteiger charge is 2.32. The van der Waals surface area contributed by atoms with Crippen LogP contribution in [0.5, 0.6) is 5.75 Å². The lowest BCUT2D eigenvalue weighted by Crippen LogP contribution is -2.37. The van der Waals surface area contributed by atoms with Crippen molar-refractivity contribution in [3.8, 4) is 5.75 Å². The minimum absolute atomic E-state index is 0.222. The molecule has 0 amide bonds. The molecule has 1 atom stereocenters. The lowest BCUT2D eigenvalue weighted by molar-refractivity contribution is 0.0523. The summed E-state index contributed by atoms with van der Waals surface area (Å²) in [6, 6.07) is 2.65. The van der Waals surface area contributed by atoms with E-state index in [1.165, 1.54) is 19.3 Å². The standard InChI is InChI=1S/C24H34BrN3O3/c1-5-10-28-19-12-18(25)23-17(13-26(4)15-31-23)21(19)22(24(29)30-6-2)20(28)14-27-11-8-7-9-16(27)3/h12,16H,5-11,13-15H2,1-4H3. The Kier molecular flexibility index (Phi) is 6.94. The molecule has 0 radical (unpaired) electrons. The number of rotatable bonds is 6. The highest BCUT2D eigenvalue weighted by Crippen LogP contribution is 2.43.